The average Bonchev–Trinajstić information content (AvgIpc) is 2.11. The maximum absolute atomic E-state index is 8.67. The Hall–Kier alpha value is -0.610. The summed E-state index contributed by atoms with van der Waals surface area (Å²) in [6.07, 6.45) is -1.58. The van der Waals surface area contributed by atoms with Gasteiger partial charge in [0.25, 0.3) is 6.45 Å². The van der Waals surface area contributed by atoms with Gasteiger partial charge in [-0.25, -0.2) is 0 Å². The van der Waals surface area contributed by atoms with Crippen LogP contribution in [0.25, 0.3) is 0 Å². The lowest BCUT2D eigenvalue weighted by Crippen LogP contribution is -2.05. The normalized spacial score (nSPS) is 18.2. The summed E-state index contributed by atoms with van der Waals surface area (Å²) in [6, 6.07) is 0. The van der Waals surface area contributed by atoms with E-state index in [9.17, 15) is 0 Å². The predicted octanol–water partition coefficient (Wildman–Crippen LogP) is -0.736. The van der Waals surface area contributed by atoms with E-state index in [4.69, 9.17) is 16.0 Å². The molecule has 2 N–H and O–H groups in total. The number of nitrogens with one attached hydrogen (secondary N) is 1. The van der Waals surface area contributed by atoms with Gasteiger partial charge in [-0.1, -0.05) is 0 Å². The quantitative estimate of drug-likeness (QED) is 0.413. The fraction of sp³-hybridized carbons (Fsp3) is 0.750. The highest BCUT2D eigenvalue weighted by atomic mass is 16.5. The third-order valence-electron chi connectivity index (χ3n) is 0.627. The maximum atomic E-state index is 8.67. The molecule has 1 aliphatic rings. The van der Waals surface area contributed by atoms with Crippen LogP contribution in [0.3, 0.4) is 0 Å². The third kappa shape index (κ3) is 5.39. The van der Waals surface area contributed by atoms with E-state index >= 15 is 0 Å². The Morgan fingerprint density at radius 2 is 2.62 bits per heavy atom. The lowest BCUT2D eigenvalue weighted by atomic mass is 10.7. The number of carboxylic acid groups (broad SMARTS) is 1. The fourth-order valence-electron chi connectivity index (χ4n) is 0.361. The molecule has 4 heteroatoms. The van der Waals surface area contributed by atoms with Crippen molar-refractivity contribution in [1.29, 1.82) is 0 Å². The molecule has 0 spiro atoms. The zero-order chi connectivity index (χ0) is 7.11. The van der Waals surface area contributed by atoms with Gasteiger partial charge in [0.05, 0.1) is 13.3 Å². The van der Waals surface area contributed by atoms with Crippen molar-refractivity contribution in [1.82, 2.24) is 5.32 Å². The Balaban J connectivity index is 0.000000148. The third-order valence-corrected chi connectivity index (χ3v) is 0.627. The number of ether oxygens (including phenoxy) is 1. The summed E-state index contributed by atoms with van der Waals surface area (Å²) in [5.41, 5.74) is 0. The molecule has 0 amide bonds. The molecule has 1 rings (SSSR count). The summed E-state index contributed by atoms with van der Waals surface area (Å²) in [7, 11) is 0. The molecular weight excluding hydrogens is 110 g/mol. The highest BCUT2D eigenvalue weighted by Gasteiger charge is 1.92. The second-order valence-electron chi connectivity index (χ2n) is 1.14. The Morgan fingerprint density at radius 3 is 2.75 bits per heavy atom. The van der Waals surface area contributed by atoms with Crippen molar-refractivity contribution >= 4 is 6.45 Å². The van der Waals surface area contributed by atoms with E-state index in [1.165, 1.54) is 0 Å². The molecule has 4 nitrogen and oxygen atoms in total. The molecule has 1 saturated heterocycles. The number of hydrogen-bond acceptors (Lipinski definition) is 3. The van der Waals surface area contributed by atoms with Gasteiger partial charge in [-0.3, -0.25) is 10.1 Å². The molecule has 0 saturated carbocycles. The van der Waals surface area contributed by atoms with Crippen molar-refractivity contribution in [2.75, 3.05) is 19.9 Å². The van der Waals surface area contributed by atoms with Gasteiger partial charge in [-0.05, 0) is 0 Å². The Bertz CT molecular complexity index is 72.3. The van der Waals surface area contributed by atoms with Gasteiger partial charge < -0.3 is 9.84 Å². The zero-order valence-electron chi connectivity index (χ0n) is 5.39. The number of carbonyl (C=O) groups is 1. The smallest absolute Gasteiger partial charge is 0.290 e. The Morgan fingerprint density at radius 1 is 2.00 bits per heavy atom. The van der Waals surface area contributed by atoms with Gasteiger partial charge in [0.15, 0.2) is 1.37 Å². The summed E-state index contributed by atoms with van der Waals surface area (Å²) in [5, 5.41) is 10.1. The van der Waals surface area contributed by atoms with Crippen LogP contribution in [-0.4, -0.2) is 31.4 Å². The van der Waals surface area contributed by atoms with Crippen molar-refractivity contribution < 1.29 is 16.0 Å². The van der Waals surface area contributed by atoms with Crippen LogP contribution in [0.15, 0.2) is 0 Å². The molecule has 0 radical (unpaired) electrons. The molecule has 0 unspecified atom stereocenters. The largest absolute Gasteiger partial charge is 0.483 e. The van der Waals surface area contributed by atoms with Crippen LogP contribution in [0.4, 0.5) is 0 Å². The highest BCUT2D eigenvalue weighted by molar-refractivity contribution is 5.32. The molecule has 0 atom stereocenters. The van der Waals surface area contributed by atoms with Crippen LogP contribution >= 0.6 is 0 Å². The van der Waals surface area contributed by atoms with Gasteiger partial charge in [0.1, 0.15) is 0 Å². The summed E-state index contributed by atoms with van der Waals surface area (Å²) in [4.78, 5) is 8.67. The lowest BCUT2D eigenvalue weighted by molar-refractivity contribution is -0.122. The van der Waals surface area contributed by atoms with Crippen molar-refractivity contribution in [3.63, 3.8) is 0 Å². The van der Waals surface area contributed by atoms with Crippen LogP contribution in [-0.2, 0) is 9.53 Å². The molecular formula is C4H9NO3. The van der Waals surface area contributed by atoms with E-state index < -0.39 is 6.45 Å². The predicted molar refractivity (Wildman–Crippen MR) is 27.5 cm³/mol. The summed E-state index contributed by atoms with van der Waals surface area (Å²) < 4.78 is 10.3. The molecule has 0 aromatic heterocycles. The molecule has 48 valence electrons. The minimum Gasteiger partial charge on any atom is -0.483 e. The van der Waals surface area contributed by atoms with Crippen LogP contribution < -0.4 is 5.32 Å². The van der Waals surface area contributed by atoms with E-state index in [0.717, 1.165) is 19.9 Å². The number of rotatable bonds is 0. The van der Waals surface area contributed by atoms with E-state index in [1.807, 2.05) is 0 Å². The van der Waals surface area contributed by atoms with Gasteiger partial charge in [0.2, 0.25) is 0 Å². The van der Waals surface area contributed by atoms with E-state index in [0.29, 0.717) is 0 Å². The molecule has 0 aromatic carbocycles. The first-order valence-electron chi connectivity index (χ1n) is 2.71. The van der Waals surface area contributed by atoms with Gasteiger partial charge in [-0.15, -0.1) is 0 Å². The maximum Gasteiger partial charge on any atom is 0.290 e. The van der Waals surface area contributed by atoms with E-state index in [-0.39, 0.29) is 0 Å². The first kappa shape index (κ1) is 5.53. The standard InChI is InChI=1S/C3H7NO.CH2O2/c1-2-5-3-4-1;2-1-3/h4H,1-3H2;1H,(H,2,3)/i;1D. The molecule has 0 bridgehead atoms. The summed E-state index contributed by atoms with van der Waals surface area (Å²) in [5.74, 6) is 0. The van der Waals surface area contributed by atoms with Gasteiger partial charge >= 0.3 is 0 Å². The van der Waals surface area contributed by atoms with Crippen LogP contribution in [0.1, 0.15) is 1.37 Å². The van der Waals surface area contributed by atoms with Crippen LogP contribution in [0.5, 0.6) is 0 Å². The molecule has 1 fully saturated rings. The van der Waals surface area contributed by atoms with Gasteiger partial charge in [-0.2, -0.15) is 0 Å². The van der Waals surface area contributed by atoms with E-state index in [1.54, 1.807) is 0 Å². The lowest BCUT2D eigenvalue weighted by Gasteiger charge is -1.76. The molecule has 1 aliphatic heterocycles. The van der Waals surface area contributed by atoms with Crippen LogP contribution in [0, 0.1) is 0 Å². The monoisotopic (exact) mass is 120 g/mol. The van der Waals surface area contributed by atoms with Crippen molar-refractivity contribution in [2.24, 2.45) is 0 Å². The highest BCUT2D eigenvalue weighted by Crippen LogP contribution is 1.75. The minimum atomic E-state index is -1.58. The van der Waals surface area contributed by atoms with Gasteiger partial charge in [0, 0.05) is 6.54 Å². The second-order valence-corrected chi connectivity index (χ2v) is 1.14. The topological polar surface area (TPSA) is 58.6 Å². The first-order valence-corrected chi connectivity index (χ1v) is 2.21. The van der Waals surface area contributed by atoms with Crippen LogP contribution in [0.2, 0.25) is 0 Å². The van der Waals surface area contributed by atoms with E-state index in [2.05, 4.69) is 5.32 Å². The Kier molecular flexibility index (Phi) is 4.41. The number of hydrogen-bond donors (Lipinski definition) is 2. The second kappa shape index (κ2) is 6.39. The molecule has 1 heterocycles. The summed E-state index contributed by atoms with van der Waals surface area (Å²) in [6.45, 7) is 2.67. The molecule has 8 heavy (non-hydrogen) atoms. The first-order chi connectivity index (χ1) is 4.23. The fourth-order valence-corrected chi connectivity index (χ4v) is 0.361. The van der Waals surface area contributed by atoms with Crippen molar-refractivity contribution in [3.8, 4) is 0 Å². The Labute approximate surface area is 48.9 Å². The SMILES string of the molecule is C1COCN1.[2H]C(=O)O. The zero-order valence-corrected chi connectivity index (χ0v) is 4.39. The molecule has 0 aromatic rings. The average molecular weight is 120 g/mol. The minimum absolute atomic E-state index is 0.750. The van der Waals surface area contributed by atoms with Crippen molar-refractivity contribution in [2.45, 2.75) is 0 Å². The molecule has 0 aliphatic carbocycles. The summed E-state index contributed by atoms with van der Waals surface area (Å²) >= 11 is 0. The van der Waals surface area contributed by atoms with Crippen molar-refractivity contribution in [3.05, 3.63) is 0 Å².